The van der Waals surface area contributed by atoms with Crippen molar-refractivity contribution in [3.05, 3.63) is 0 Å². The van der Waals surface area contributed by atoms with Crippen LogP contribution in [0.2, 0.25) is 0 Å². The van der Waals surface area contributed by atoms with Crippen molar-refractivity contribution in [2.24, 2.45) is 0 Å². The number of fused-ring (bicyclic) bond motifs is 3. The minimum absolute atomic E-state index is 0. The monoisotopic (exact) mass is 256 g/mol. The van der Waals surface area contributed by atoms with Gasteiger partial charge in [0.05, 0.1) is 13.7 Å². The summed E-state index contributed by atoms with van der Waals surface area (Å²) in [5.41, 5.74) is 0. The molecular weight excluding hydrogens is 239 g/mol. The summed E-state index contributed by atoms with van der Waals surface area (Å²) in [5, 5.41) is 3.45. The molecule has 3 fully saturated rings. The number of carbonyl (C=O) groups excluding carboxylic acids is 1. The molecule has 0 aromatic carbocycles. The quantitative estimate of drug-likeness (QED) is 0.729. The van der Waals surface area contributed by atoms with Crippen LogP contribution in [0.5, 0.6) is 0 Å². The summed E-state index contributed by atoms with van der Waals surface area (Å²) in [7, 11) is 1.45. The number of halogens is 2. The fraction of sp³-hybridized carbons (Fsp3) is 0.889. The van der Waals surface area contributed by atoms with Crippen molar-refractivity contribution in [2.75, 3.05) is 26.7 Å². The van der Waals surface area contributed by atoms with Gasteiger partial charge in [0.15, 0.2) is 0 Å². The van der Waals surface area contributed by atoms with Gasteiger partial charge < -0.3 is 10.1 Å². The summed E-state index contributed by atoms with van der Waals surface area (Å²) < 4.78 is 4.66. The molecule has 3 saturated heterocycles. The number of hydrogen-bond acceptors (Lipinski definition) is 4. The Balaban J connectivity index is 0.000000980. The lowest BCUT2D eigenvalue weighted by Gasteiger charge is -2.45. The van der Waals surface area contributed by atoms with E-state index < -0.39 is 0 Å². The number of ether oxygens (including phenoxy) is 1. The Morgan fingerprint density at radius 3 is 2.60 bits per heavy atom. The van der Waals surface area contributed by atoms with Crippen molar-refractivity contribution < 1.29 is 9.53 Å². The van der Waals surface area contributed by atoms with E-state index in [1.54, 1.807) is 0 Å². The molecule has 0 spiro atoms. The average molecular weight is 257 g/mol. The number of piperazine rings is 1. The second-order valence-electron chi connectivity index (χ2n) is 3.84. The van der Waals surface area contributed by atoms with Crippen LogP contribution in [-0.4, -0.2) is 49.7 Å². The maximum atomic E-state index is 11.1. The van der Waals surface area contributed by atoms with Crippen LogP contribution in [0.1, 0.15) is 12.8 Å². The third-order valence-corrected chi connectivity index (χ3v) is 3.02. The smallest absolute Gasteiger partial charge is 0.319 e. The molecule has 0 aromatic heterocycles. The molecule has 0 amide bonds. The fourth-order valence-corrected chi connectivity index (χ4v) is 2.22. The fourth-order valence-electron chi connectivity index (χ4n) is 2.22. The molecule has 3 rings (SSSR count). The molecule has 2 unspecified atom stereocenters. The first-order valence-corrected chi connectivity index (χ1v) is 4.84. The van der Waals surface area contributed by atoms with Gasteiger partial charge in [0.25, 0.3) is 0 Å². The van der Waals surface area contributed by atoms with E-state index in [1.165, 1.54) is 20.0 Å². The minimum atomic E-state index is -0.118. The Morgan fingerprint density at radius 2 is 2.20 bits per heavy atom. The summed E-state index contributed by atoms with van der Waals surface area (Å²) in [4.78, 5) is 13.3. The van der Waals surface area contributed by atoms with E-state index in [4.69, 9.17) is 0 Å². The van der Waals surface area contributed by atoms with Crippen LogP contribution in [0.15, 0.2) is 0 Å². The van der Waals surface area contributed by atoms with Gasteiger partial charge in [-0.1, -0.05) is 0 Å². The van der Waals surface area contributed by atoms with Gasteiger partial charge >= 0.3 is 5.97 Å². The van der Waals surface area contributed by atoms with Crippen molar-refractivity contribution >= 4 is 30.8 Å². The van der Waals surface area contributed by atoms with Crippen molar-refractivity contribution in [2.45, 2.75) is 24.9 Å². The number of carbonyl (C=O) groups is 1. The van der Waals surface area contributed by atoms with Gasteiger partial charge in [-0.15, -0.1) is 24.8 Å². The summed E-state index contributed by atoms with van der Waals surface area (Å²) in [6, 6.07) is 1.14. The van der Waals surface area contributed by atoms with Gasteiger partial charge in [-0.2, -0.15) is 0 Å². The molecule has 2 bridgehead atoms. The number of methoxy groups -OCH3 is 1. The lowest BCUT2D eigenvalue weighted by molar-refractivity contribution is -0.143. The van der Waals surface area contributed by atoms with Crippen LogP contribution in [0.3, 0.4) is 0 Å². The first kappa shape index (κ1) is 15.0. The summed E-state index contributed by atoms with van der Waals surface area (Å²) in [6.45, 7) is 2.49. The van der Waals surface area contributed by atoms with E-state index in [0.29, 0.717) is 18.6 Å². The van der Waals surface area contributed by atoms with E-state index in [9.17, 15) is 4.79 Å². The minimum Gasteiger partial charge on any atom is -0.468 e. The second-order valence-corrected chi connectivity index (χ2v) is 3.84. The molecule has 90 valence electrons. The highest BCUT2D eigenvalue weighted by Crippen LogP contribution is 2.21. The molecule has 0 aromatic rings. The first-order chi connectivity index (χ1) is 6.29. The maximum Gasteiger partial charge on any atom is 0.319 e. The Hall–Kier alpha value is -0.0300. The van der Waals surface area contributed by atoms with Gasteiger partial charge in [-0.05, 0) is 12.8 Å². The summed E-state index contributed by atoms with van der Waals surface area (Å²) in [6.07, 6.45) is 2.47. The highest BCUT2D eigenvalue weighted by atomic mass is 35.5. The second kappa shape index (κ2) is 6.53. The number of nitrogens with one attached hydrogen (secondary N) is 1. The molecule has 0 radical (unpaired) electrons. The van der Waals surface area contributed by atoms with Gasteiger partial charge in [-0.3, -0.25) is 9.69 Å². The number of esters is 1. The largest absolute Gasteiger partial charge is 0.468 e. The van der Waals surface area contributed by atoms with Crippen LogP contribution >= 0.6 is 24.8 Å². The first-order valence-electron chi connectivity index (χ1n) is 4.84. The van der Waals surface area contributed by atoms with Crippen LogP contribution in [-0.2, 0) is 9.53 Å². The molecule has 2 atom stereocenters. The molecular formula is C9H18Cl2N2O2. The Labute approximate surface area is 103 Å². The number of hydrogen-bond donors (Lipinski definition) is 1. The van der Waals surface area contributed by atoms with Crippen LogP contribution in [0.25, 0.3) is 0 Å². The van der Waals surface area contributed by atoms with Crippen molar-refractivity contribution in [3.63, 3.8) is 0 Å². The summed E-state index contributed by atoms with van der Waals surface area (Å²) >= 11 is 0. The molecule has 15 heavy (non-hydrogen) atoms. The Bertz CT molecular complexity index is 208. The highest BCUT2D eigenvalue weighted by Gasteiger charge is 2.34. The zero-order chi connectivity index (χ0) is 9.26. The third kappa shape index (κ3) is 3.48. The SMILES string of the molecule is COC(=O)CN1CC2CCC1CN2.Cl.Cl. The van der Waals surface area contributed by atoms with E-state index >= 15 is 0 Å². The predicted octanol–water partition coefficient (Wildman–Crippen LogP) is 0.439. The van der Waals surface area contributed by atoms with Crippen LogP contribution in [0, 0.1) is 0 Å². The zero-order valence-corrected chi connectivity index (χ0v) is 10.4. The standard InChI is InChI=1S/C9H16N2O2.2ClH/c1-13-9(12)6-11-5-7-2-3-8(11)4-10-7;;/h7-8,10H,2-6H2,1H3;2*1H. The lowest BCUT2D eigenvalue weighted by atomic mass is 9.93. The van der Waals surface area contributed by atoms with Gasteiger partial charge in [0.2, 0.25) is 0 Å². The number of piperidine rings is 2. The molecule has 3 aliphatic heterocycles. The normalized spacial score (nSPS) is 28.9. The molecule has 3 aliphatic rings. The molecule has 4 nitrogen and oxygen atoms in total. The zero-order valence-electron chi connectivity index (χ0n) is 8.77. The van der Waals surface area contributed by atoms with Gasteiger partial charge in [-0.25, -0.2) is 0 Å². The predicted molar refractivity (Wildman–Crippen MR) is 62.9 cm³/mol. The van der Waals surface area contributed by atoms with Crippen molar-refractivity contribution in [1.29, 1.82) is 0 Å². The molecule has 1 N–H and O–H groups in total. The number of nitrogens with zero attached hydrogens (tertiary/aromatic N) is 1. The molecule has 6 heteroatoms. The van der Waals surface area contributed by atoms with Gasteiger partial charge in [0.1, 0.15) is 0 Å². The van der Waals surface area contributed by atoms with E-state index in [0.717, 1.165) is 13.1 Å². The van der Waals surface area contributed by atoms with Gasteiger partial charge in [0, 0.05) is 25.2 Å². The Kier molecular flexibility index (Phi) is 6.52. The average Bonchev–Trinajstić information content (AvgIpc) is 2.19. The van der Waals surface area contributed by atoms with E-state index in [-0.39, 0.29) is 30.8 Å². The summed E-state index contributed by atoms with van der Waals surface area (Å²) in [5.74, 6) is -0.118. The third-order valence-electron chi connectivity index (χ3n) is 3.02. The molecule has 0 saturated carbocycles. The highest BCUT2D eigenvalue weighted by molar-refractivity contribution is 5.85. The van der Waals surface area contributed by atoms with Crippen molar-refractivity contribution in [1.82, 2.24) is 10.2 Å². The van der Waals surface area contributed by atoms with Crippen LogP contribution < -0.4 is 5.32 Å². The molecule has 3 heterocycles. The molecule has 0 aliphatic carbocycles. The Morgan fingerprint density at radius 1 is 1.47 bits per heavy atom. The van der Waals surface area contributed by atoms with Crippen LogP contribution in [0.4, 0.5) is 0 Å². The van der Waals surface area contributed by atoms with Crippen molar-refractivity contribution in [3.8, 4) is 0 Å². The van der Waals surface area contributed by atoms with E-state index in [1.807, 2.05) is 0 Å². The maximum absolute atomic E-state index is 11.1. The number of rotatable bonds is 2. The topological polar surface area (TPSA) is 41.6 Å². The van der Waals surface area contributed by atoms with E-state index in [2.05, 4.69) is 15.0 Å². The lowest BCUT2D eigenvalue weighted by Crippen LogP contribution is -2.61.